The van der Waals surface area contributed by atoms with Crippen LogP contribution in [-0.2, 0) is 0 Å². The third-order valence-corrected chi connectivity index (χ3v) is 3.42. The van der Waals surface area contributed by atoms with Gasteiger partial charge in [0.05, 0.1) is 0 Å². The van der Waals surface area contributed by atoms with Crippen molar-refractivity contribution in [1.82, 2.24) is 0 Å². The predicted octanol–water partition coefficient (Wildman–Crippen LogP) is 3.23. The molecule has 2 N–H and O–H groups in total. The number of nitrogens with two attached hydrogens (primary N) is 1. The van der Waals surface area contributed by atoms with E-state index in [-0.39, 0.29) is 0 Å². The molecule has 1 rings (SSSR count). The minimum Gasteiger partial charge on any atom is -0.399 e. The summed E-state index contributed by atoms with van der Waals surface area (Å²) < 4.78 is 0. The lowest BCUT2D eigenvalue weighted by atomic mass is 9.62. The Morgan fingerprint density at radius 1 is 1.46 bits per heavy atom. The van der Waals surface area contributed by atoms with Crippen molar-refractivity contribution in [3.8, 4) is 0 Å². The van der Waals surface area contributed by atoms with Gasteiger partial charge >= 0.3 is 0 Å². The van der Waals surface area contributed by atoms with Crippen LogP contribution in [0.15, 0.2) is 23.9 Å². The number of rotatable bonds is 1. The van der Waals surface area contributed by atoms with Crippen LogP contribution in [0.4, 0.5) is 0 Å². The minimum absolute atomic E-state index is 0.301. The quantitative estimate of drug-likeness (QED) is 0.657. The summed E-state index contributed by atoms with van der Waals surface area (Å²) in [5.74, 6) is 0. The van der Waals surface area contributed by atoms with Crippen LogP contribution in [0.25, 0.3) is 0 Å². The zero-order valence-corrected chi connectivity index (χ0v) is 9.22. The molecule has 0 aromatic rings. The molecule has 0 radical (unpaired) electrons. The fourth-order valence-electron chi connectivity index (χ4n) is 2.04. The highest BCUT2D eigenvalue weighted by Gasteiger charge is 2.37. The van der Waals surface area contributed by atoms with Gasteiger partial charge in [0.1, 0.15) is 0 Å². The highest BCUT2D eigenvalue weighted by Crippen LogP contribution is 2.47. The molecule has 0 aromatic carbocycles. The predicted molar refractivity (Wildman–Crippen MR) is 58.2 cm³/mol. The van der Waals surface area contributed by atoms with Crippen molar-refractivity contribution in [3.63, 3.8) is 0 Å². The van der Waals surface area contributed by atoms with E-state index in [1.54, 1.807) is 0 Å². The van der Waals surface area contributed by atoms with E-state index in [0.717, 1.165) is 12.1 Å². The molecule has 1 aliphatic carbocycles. The Balaban J connectivity index is 2.94. The van der Waals surface area contributed by atoms with Crippen molar-refractivity contribution in [2.75, 3.05) is 0 Å². The Hall–Kier alpha value is -0.720. The monoisotopic (exact) mass is 179 g/mol. The molecule has 0 saturated heterocycles. The second kappa shape index (κ2) is 3.21. The van der Waals surface area contributed by atoms with E-state index >= 15 is 0 Å². The standard InChI is InChI=1S/C12H21N/c1-5-12(11(2,3)4)8-6-10(13)7-9-12/h6-8H,5,9,13H2,1-4H3. The maximum absolute atomic E-state index is 5.73. The van der Waals surface area contributed by atoms with Crippen molar-refractivity contribution in [2.45, 2.75) is 40.5 Å². The summed E-state index contributed by atoms with van der Waals surface area (Å²) in [6.07, 6.45) is 8.75. The van der Waals surface area contributed by atoms with E-state index in [1.807, 2.05) is 0 Å². The Morgan fingerprint density at radius 3 is 2.38 bits per heavy atom. The molecule has 0 fully saturated rings. The van der Waals surface area contributed by atoms with Gasteiger partial charge in [-0.2, -0.15) is 0 Å². The maximum atomic E-state index is 5.73. The van der Waals surface area contributed by atoms with Gasteiger partial charge in [-0.3, -0.25) is 0 Å². The van der Waals surface area contributed by atoms with Gasteiger partial charge in [-0.25, -0.2) is 0 Å². The zero-order valence-electron chi connectivity index (χ0n) is 9.22. The molecule has 0 heterocycles. The first-order chi connectivity index (χ1) is 5.91. The van der Waals surface area contributed by atoms with Crippen molar-refractivity contribution >= 4 is 0 Å². The molecule has 0 amide bonds. The molecule has 1 atom stereocenters. The Kier molecular flexibility index (Phi) is 2.56. The minimum atomic E-state index is 0.301. The summed E-state index contributed by atoms with van der Waals surface area (Å²) in [6, 6.07) is 0. The first kappa shape index (κ1) is 10.4. The van der Waals surface area contributed by atoms with Crippen LogP contribution in [-0.4, -0.2) is 0 Å². The molecule has 0 aromatic heterocycles. The topological polar surface area (TPSA) is 26.0 Å². The molecule has 1 aliphatic rings. The second-order valence-corrected chi connectivity index (χ2v) is 5.00. The van der Waals surface area contributed by atoms with Gasteiger partial charge < -0.3 is 5.73 Å². The van der Waals surface area contributed by atoms with Crippen molar-refractivity contribution in [3.05, 3.63) is 23.9 Å². The number of hydrogen-bond donors (Lipinski definition) is 1. The van der Waals surface area contributed by atoms with Crippen LogP contribution >= 0.6 is 0 Å². The molecule has 1 heteroatoms. The molecule has 13 heavy (non-hydrogen) atoms. The van der Waals surface area contributed by atoms with E-state index < -0.39 is 0 Å². The Morgan fingerprint density at radius 2 is 2.08 bits per heavy atom. The first-order valence-corrected chi connectivity index (χ1v) is 5.06. The summed E-state index contributed by atoms with van der Waals surface area (Å²) in [6.45, 7) is 9.16. The maximum Gasteiger partial charge on any atom is 0.0270 e. The fourth-order valence-corrected chi connectivity index (χ4v) is 2.04. The van der Waals surface area contributed by atoms with Crippen LogP contribution in [0.2, 0.25) is 0 Å². The van der Waals surface area contributed by atoms with Crippen molar-refractivity contribution in [1.29, 1.82) is 0 Å². The average molecular weight is 179 g/mol. The van der Waals surface area contributed by atoms with Crippen LogP contribution in [0.1, 0.15) is 40.5 Å². The molecule has 0 aliphatic heterocycles. The Bertz CT molecular complexity index is 242. The Labute approximate surface area is 81.7 Å². The summed E-state index contributed by atoms with van der Waals surface area (Å²) in [4.78, 5) is 0. The molecule has 0 spiro atoms. The summed E-state index contributed by atoms with van der Waals surface area (Å²) in [7, 11) is 0. The molecule has 0 saturated carbocycles. The highest BCUT2D eigenvalue weighted by atomic mass is 14.6. The number of hydrogen-bond acceptors (Lipinski definition) is 1. The lowest BCUT2D eigenvalue weighted by Gasteiger charge is -2.43. The van der Waals surface area contributed by atoms with Gasteiger partial charge in [0.15, 0.2) is 0 Å². The third kappa shape index (κ3) is 1.79. The molecule has 74 valence electrons. The van der Waals surface area contributed by atoms with E-state index in [9.17, 15) is 0 Å². The van der Waals surface area contributed by atoms with Crippen LogP contribution in [0.3, 0.4) is 0 Å². The largest absolute Gasteiger partial charge is 0.399 e. The van der Waals surface area contributed by atoms with Gasteiger partial charge in [-0.1, -0.05) is 39.8 Å². The van der Waals surface area contributed by atoms with Crippen molar-refractivity contribution in [2.24, 2.45) is 16.6 Å². The summed E-state index contributed by atoms with van der Waals surface area (Å²) in [5, 5.41) is 0. The van der Waals surface area contributed by atoms with Crippen LogP contribution in [0.5, 0.6) is 0 Å². The number of allylic oxidation sites excluding steroid dienone is 3. The van der Waals surface area contributed by atoms with Gasteiger partial charge in [0.2, 0.25) is 0 Å². The summed E-state index contributed by atoms with van der Waals surface area (Å²) >= 11 is 0. The van der Waals surface area contributed by atoms with Gasteiger partial charge in [0.25, 0.3) is 0 Å². The van der Waals surface area contributed by atoms with Gasteiger partial charge in [-0.05, 0) is 29.7 Å². The molecule has 1 nitrogen and oxygen atoms in total. The molecular formula is C12H21N. The fraction of sp³-hybridized carbons (Fsp3) is 0.667. The highest BCUT2D eigenvalue weighted by molar-refractivity contribution is 5.25. The lowest BCUT2D eigenvalue weighted by molar-refractivity contribution is 0.140. The van der Waals surface area contributed by atoms with Gasteiger partial charge in [-0.15, -0.1) is 0 Å². The van der Waals surface area contributed by atoms with Gasteiger partial charge in [0, 0.05) is 5.70 Å². The molecule has 1 unspecified atom stereocenters. The van der Waals surface area contributed by atoms with E-state index in [0.29, 0.717) is 10.8 Å². The van der Waals surface area contributed by atoms with Crippen molar-refractivity contribution < 1.29 is 0 Å². The summed E-state index contributed by atoms with van der Waals surface area (Å²) in [5.41, 5.74) is 7.26. The molecule has 0 bridgehead atoms. The zero-order chi connectivity index (χ0) is 10.1. The molecular weight excluding hydrogens is 158 g/mol. The van der Waals surface area contributed by atoms with E-state index in [2.05, 4.69) is 45.9 Å². The SMILES string of the molecule is CCC1(C(C)(C)C)C=CC(N)=CC1. The average Bonchev–Trinajstić information content (AvgIpc) is 2.04. The first-order valence-electron chi connectivity index (χ1n) is 5.06. The van der Waals surface area contributed by atoms with Crippen LogP contribution < -0.4 is 5.73 Å². The van der Waals surface area contributed by atoms with E-state index in [4.69, 9.17) is 5.73 Å². The van der Waals surface area contributed by atoms with Crippen LogP contribution in [0, 0.1) is 10.8 Å². The second-order valence-electron chi connectivity index (χ2n) is 5.00. The smallest absolute Gasteiger partial charge is 0.0270 e. The third-order valence-electron chi connectivity index (χ3n) is 3.42. The lowest BCUT2D eigenvalue weighted by Crippen LogP contribution is -2.34. The van der Waals surface area contributed by atoms with E-state index in [1.165, 1.54) is 6.42 Å². The normalized spacial score (nSPS) is 28.8.